The first-order chi connectivity index (χ1) is 26.3. The maximum Gasteiger partial charge on any atom is 0.412 e. The van der Waals surface area contributed by atoms with Crippen molar-refractivity contribution < 1.29 is 42.6 Å². The zero-order valence-electron chi connectivity index (χ0n) is 33.2. The predicted molar refractivity (Wildman–Crippen MR) is 218 cm³/mol. The molecule has 0 radical (unpaired) electrons. The molecule has 0 aliphatic carbocycles. The van der Waals surface area contributed by atoms with E-state index in [0.717, 1.165) is 10.4 Å². The third-order valence-corrected chi connectivity index (χ3v) is 14.6. The molecule has 4 aromatic rings. The number of thiazole rings is 1. The molecule has 3 N–H and O–H groups in total. The number of amides is 3. The van der Waals surface area contributed by atoms with E-state index < -0.39 is 67.5 Å². The third-order valence-electron chi connectivity index (χ3n) is 8.55. The van der Waals surface area contributed by atoms with E-state index in [2.05, 4.69) is 41.7 Å². The van der Waals surface area contributed by atoms with Gasteiger partial charge in [0.1, 0.15) is 35.0 Å². The number of aryl methyl sites for hydroxylation is 1. The average molecular weight is 803 g/mol. The quantitative estimate of drug-likeness (QED) is 0.0857. The van der Waals surface area contributed by atoms with Crippen LogP contribution in [-0.2, 0) is 33.0 Å². The van der Waals surface area contributed by atoms with Crippen LogP contribution in [-0.4, -0.2) is 81.2 Å². The molecule has 0 saturated carbocycles. The van der Waals surface area contributed by atoms with Crippen LogP contribution < -0.4 is 26.3 Å². The van der Waals surface area contributed by atoms with Crippen LogP contribution in [0.3, 0.4) is 0 Å². The Morgan fingerprint density at radius 2 is 1.36 bits per heavy atom. The molecule has 0 aliphatic rings. The largest absolute Gasteiger partial charge is 0.467 e. The second kappa shape index (κ2) is 18.5. The van der Waals surface area contributed by atoms with Crippen molar-refractivity contribution in [2.75, 3.05) is 25.6 Å². The molecule has 2 atom stereocenters. The second-order valence-electron chi connectivity index (χ2n) is 15.0. The first kappa shape index (κ1) is 43.3. The number of carbonyl (C=O) groups is 5. The van der Waals surface area contributed by atoms with Gasteiger partial charge in [-0.05, 0) is 67.4 Å². The van der Waals surface area contributed by atoms with Crippen LogP contribution in [0.2, 0.25) is 5.04 Å². The van der Waals surface area contributed by atoms with Crippen LogP contribution in [0.15, 0.2) is 84.9 Å². The highest BCUT2D eigenvalue weighted by Gasteiger charge is 2.51. The van der Waals surface area contributed by atoms with E-state index in [0.29, 0.717) is 21.1 Å². The monoisotopic (exact) mass is 802 g/mol. The maximum absolute atomic E-state index is 13.9. The lowest BCUT2D eigenvalue weighted by atomic mass is 10.2. The fourth-order valence-corrected chi connectivity index (χ4v) is 11.5. The molecule has 1 aromatic heterocycles. The van der Waals surface area contributed by atoms with Gasteiger partial charge in [0, 0.05) is 23.1 Å². The van der Waals surface area contributed by atoms with Crippen molar-refractivity contribution in [3.63, 3.8) is 0 Å². The predicted octanol–water partition coefficient (Wildman–Crippen LogP) is 5.36. The molecule has 4 rings (SSSR count). The Bertz CT molecular complexity index is 1950. The van der Waals surface area contributed by atoms with Gasteiger partial charge < -0.3 is 29.3 Å². The number of rotatable bonds is 14. The number of hydrogen-bond donors (Lipinski definition) is 3. The number of nitrogens with one attached hydrogen (secondary N) is 3. The minimum atomic E-state index is -3.13. The van der Waals surface area contributed by atoms with Crippen molar-refractivity contribution in [2.24, 2.45) is 0 Å². The fourth-order valence-electron chi connectivity index (χ4n) is 6.01. The van der Waals surface area contributed by atoms with Crippen molar-refractivity contribution in [1.82, 2.24) is 15.6 Å². The Kier molecular flexibility index (Phi) is 14.3. The summed E-state index contributed by atoms with van der Waals surface area (Å²) in [6, 6.07) is 23.8. The van der Waals surface area contributed by atoms with Gasteiger partial charge in [0.2, 0.25) is 5.91 Å². The summed E-state index contributed by atoms with van der Waals surface area (Å²) in [5.74, 6) is -2.93. The van der Waals surface area contributed by atoms with Crippen molar-refractivity contribution >= 4 is 65.6 Å². The molecule has 0 fully saturated rings. The molecule has 15 heteroatoms. The van der Waals surface area contributed by atoms with Gasteiger partial charge in [0.15, 0.2) is 0 Å². The van der Waals surface area contributed by atoms with Gasteiger partial charge in [0.25, 0.3) is 14.2 Å². The zero-order valence-corrected chi connectivity index (χ0v) is 35.0. The molecule has 298 valence electrons. The number of hydrogen-bond acceptors (Lipinski definition) is 11. The summed E-state index contributed by atoms with van der Waals surface area (Å²) in [5, 5.41) is 10.0. The van der Waals surface area contributed by atoms with Crippen molar-refractivity contribution in [3.8, 4) is 10.6 Å². The van der Waals surface area contributed by atoms with Gasteiger partial charge in [-0.2, -0.15) is 0 Å². The van der Waals surface area contributed by atoms with Crippen LogP contribution in [0.4, 0.5) is 10.5 Å². The van der Waals surface area contributed by atoms with Gasteiger partial charge in [-0.3, -0.25) is 19.7 Å². The molecular weight excluding hydrogens is 753 g/mol. The molecule has 1 heterocycles. The SMILES string of the molecule is COC(=O)[C@H](CO[Si](c1ccccc1)(c1ccccc1)C(C)(C)C)NC(=O)[C@H](COC(C)=O)NC(=O)c1nc(-c2ccc(NC(=O)OC(C)(C)C)cc2)sc1C. The van der Waals surface area contributed by atoms with E-state index in [1.165, 1.54) is 25.4 Å². The number of esters is 2. The summed E-state index contributed by atoms with van der Waals surface area (Å²) in [6.45, 7) is 13.7. The van der Waals surface area contributed by atoms with Crippen LogP contribution in [0, 0.1) is 6.92 Å². The molecule has 56 heavy (non-hydrogen) atoms. The number of anilines is 1. The lowest BCUT2D eigenvalue weighted by molar-refractivity contribution is -0.148. The number of carbonyl (C=O) groups excluding carboxylic acids is 5. The van der Waals surface area contributed by atoms with Gasteiger partial charge in [-0.25, -0.2) is 14.6 Å². The van der Waals surface area contributed by atoms with Crippen LogP contribution in [0.1, 0.15) is 63.8 Å². The van der Waals surface area contributed by atoms with Gasteiger partial charge >= 0.3 is 18.0 Å². The normalized spacial score (nSPS) is 12.8. The second-order valence-corrected chi connectivity index (χ2v) is 20.5. The third kappa shape index (κ3) is 11.1. The number of methoxy groups -OCH3 is 1. The van der Waals surface area contributed by atoms with Crippen molar-refractivity contribution in [1.29, 1.82) is 0 Å². The molecular formula is C41H50N4O9SSi. The molecule has 0 aliphatic heterocycles. The first-order valence-electron chi connectivity index (χ1n) is 18.0. The van der Waals surface area contributed by atoms with Crippen molar-refractivity contribution in [2.45, 2.75) is 78.1 Å². The number of ether oxygens (including phenoxy) is 3. The highest BCUT2D eigenvalue weighted by atomic mass is 32.1. The molecule has 3 amide bonds. The first-order valence-corrected chi connectivity index (χ1v) is 20.7. The standard InChI is InChI=1S/C41H50N4O9SSi/c1-26-34(45-37(55-26)28-20-22-29(23-21-28)42-39(50)54-40(3,4)5)36(48)43-32(24-52-27(2)46)35(47)44-33(38(49)51-9)25-53-56(41(6,7)8,30-16-12-10-13-17-30)31-18-14-11-15-19-31/h10-23,32-33H,24-25H2,1-9H3,(H,42,50)(H,43,48)(H,44,47)/t32-,33-/m0/s1. The molecule has 0 bridgehead atoms. The van der Waals surface area contributed by atoms with Crippen molar-refractivity contribution in [3.05, 3.63) is 95.5 Å². The number of benzene rings is 3. The maximum atomic E-state index is 13.9. The van der Waals surface area contributed by atoms with Gasteiger partial charge in [0.05, 0.1) is 13.7 Å². The Balaban J connectivity index is 1.56. The Hall–Kier alpha value is -5.38. The number of aromatic nitrogens is 1. The Morgan fingerprint density at radius 3 is 1.86 bits per heavy atom. The van der Waals surface area contributed by atoms with E-state index in [1.54, 1.807) is 52.0 Å². The van der Waals surface area contributed by atoms with Gasteiger partial charge in [-0.1, -0.05) is 81.4 Å². The molecule has 13 nitrogen and oxygen atoms in total. The highest BCUT2D eigenvalue weighted by molar-refractivity contribution is 7.15. The average Bonchev–Trinajstić information content (AvgIpc) is 3.53. The van der Waals surface area contributed by atoms with E-state index in [4.69, 9.17) is 18.6 Å². The number of nitrogens with zero attached hydrogens (tertiary/aromatic N) is 1. The zero-order chi connectivity index (χ0) is 41.3. The van der Waals surface area contributed by atoms with E-state index in [1.807, 2.05) is 60.7 Å². The Labute approximate surface area is 332 Å². The van der Waals surface area contributed by atoms with Crippen LogP contribution >= 0.6 is 11.3 Å². The van der Waals surface area contributed by atoms with Crippen LogP contribution in [0.5, 0.6) is 0 Å². The summed E-state index contributed by atoms with van der Waals surface area (Å²) in [7, 11) is -1.93. The lowest BCUT2D eigenvalue weighted by Crippen LogP contribution is -2.68. The topological polar surface area (TPSA) is 171 Å². The summed E-state index contributed by atoms with van der Waals surface area (Å²) >= 11 is 1.26. The van der Waals surface area contributed by atoms with Crippen LogP contribution in [0.25, 0.3) is 10.6 Å². The summed E-state index contributed by atoms with van der Waals surface area (Å²) in [5.41, 5.74) is 0.597. The molecule has 3 aromatic carbocycles. The minimum absolute atomic E-state index is 0.0566. The smallest absolute Gasteiger partial charge is 0.412 e. The van der Waals surface area contributed by atoms with E-state index in [9.17, 15) is 24.0 Å². The summed E-state index contributed by atoms with van der Waals surface area (Å²) in [4.78, 5) is 69.9. The highest BCUT2D eigenvalue weighted by Crippen LogP contribution is 2.37. The summed E-state index contributed by atoms with van der Waals surface area (Å²) in [6.07, 6.45) is -0.591. The molecule has 0 unspecified atom stereocenters. The summed E-state index contributed by atoms with van der Waals surface area (Å²) < 4.78 is 22.4. The van der Waals surface area contributed by atoms with E-state index >= 15 is 0 Å². The van der Waals surface area contributed by atoms with E-state index in [-0.39, 0.29) is 12.3 Å². The minimum Gasteiger partial charge on any atom is -0.467 e. The lowest BCUT2D eigenvalue weighted by Gasteiger charge is -2.43. The molecule has 0 spiro atoms. The Morgan fingerprint density at radius 1 is 0.786 bits per heavy atom. The van der Waals surface area contributed by atoms with Gasteiger partial charge in [-0.15, -0.1) is 11.3 Å². The fraction of sp³-hybridized carbons (Fsp3) is 0.366. The molecule has 0 saturated heterocycles.